The molecule has 0 amide bonds. The lowest BCUT2D eigenvalue weighted by Crippen LogP contribution is -2.06. The number of hydrogen-bond donors (Lipinski definition) is 1. The Hall–Kier alpha value is -0.680. The van der Waals surface area contributed by atoms with E-state index in [2.05, 4.69) is 15.9 Å². The van der Waals surface area contributed by atoms with Gasteiger partial charge in [-0.3, -0.25) is 0 Å². The molecule has 19 heavy (non-hydrogen) atoms. The second-order valence-corrected chi connectivity index (χ2v) is 5.59. The van der Waals surface area contributed by atoms with E-state index in [-0.39, 0.29) is 20.1 Å². The predicted octanol–water partition coefficient (Wildman–Crippen LogP) is 5.12. The number of benzene rings is 2. The summed E-state index contributed by atoms with van der Waals surface area (Å²) in [6.07, 6.45) is -1.49. The molecule has 0 saturated carbocycles. The fourth-order valence-corrected chi connectivity index (χ4v) is 2.58. The predicted molar refractivity (Wildman–Crippen MR) is 74.6 cm³/mol. The molecule has 0 spiro atoms. The molecule has 0 aliphatic heterocycles. The molecule has 1 N–H and O–H groups in total. The quantitative estimate of drug-likeness (QED) is 0.730. The van der Waals surface area contributed by atoms with Crippen LogP contribution >= 0.6 is 39.1 Å². The van der Waals surface area contributed by atoms with Crippen LogP contribution in [0, 0.1) is 11.6 Å². The van der Waals surface area contributed by atoms with E-state index >= 15 is 0 Å². The Morgan fingerprint density at radius 3 is 2.21 bits per heavy atom. The van der Waals surface area contributed by atoms with Crippen LogP contribution in [-0.4, -0.2) is 5.11 Å². The van der Waals surface area contributed by atoms with Crippen LogP contribution in [0.4, 0.5) is 8.78 Å². The van der Waals surface area contributed by atoms with E-state index in [1.807, 2.05) is 0 Å². The largest absolute Gasteiger partial charge is 0.383 e. The zero-order valence-electron chi connectivity index (χ0n) is 9.30. The fraction of sp³-hybridized carbons (Fsp3) is 0.0769. The number of rotatable bonds is 2. The first-order valence-corrected chi connectivity index (χ1v) is 6.72. The van der Waals surface area contributed by atoms with Gasteiger partial charge in [-0.15, -0.1) is 0 Å². The summed E-state index contributed by atoms with van der Waals surface area (Å²) >= 11 is 14.5. The Kier molecular flexibility index (Phi) is 4.46. The third-order valence-electron chi connectivity index (χ3n) is 2.55. The van der Waals surface area contributed by atoms with Crippen LogP contribution in [0.5, 0.6) is 0 Å². The molecule has 0 aliphatic rings. The molecule has 0 heterocycles. The highest BCUT2D eigenvalue weighted by Gasteiger charge is 2.22. The summed E-state index contributed by atoms with van der Waals surface area (Å²) in [6, 6.07) is 6.56. The van der Waals surface area contributed by atoms with Gasteiger partial charge in [0, 0.05) is 10.0 Å². The summed E-state index contributed by atoms with van der Waals surface area (Å²) in [5.41, 5.74) is -0.235. The Bertz CT molecular complexity index is 614. The molecule has 1 unspecified atom stereocenters. The van der Waals surface area contributed by atoms with Crippen LogP contribution in [0.25, 0.3) is 0 Å². The van der Waals surface area contributed by atoms with Crippen molar-refractivity contribution in [3.63, 3.8) is 0 Å². The molecule has 0 aromatic heterocycles. The molecule has 2 aromatic carbocycles. The van der Waals surface area contributed by atoms with Crippen LogP contribution in [0.3, 0.4) is 0 Å². The Morgan fingerprint density at radius 2 is 1.63 bits per heavy atom. The third-order valence-corrected chi connectivity index (χ3v) is 3.60. The number of hydrogen-bond acceptors (Lipinski definition) is 1. The summed E-state index contributed by atoms with van der Waals surface area (Å²) in [7, 11) is 0. The Labute approximate surface area is 126 Å². The van der Waals surface area contributed by atoms with Crippen LogP contribution < -0.4 is 0 Å². The highest BCUT2D eigenvalue weighted by atomic mass is 79.9. The van der Waals surface area contributed by atoms with Crippen molar-refractivity contribution in [2.75, 3.05) is 0 Å². The minimum atomic E-state index is -1.49. The number of aliphatic hydroxyl groups excluding tert-OH is 1. The van der Waals surface area contributed by atoms with E-state index in [1.165, 1.54) is 24.3 Å². The van der Waals surface area contributed by atoms with Gasteiger partial charge >= 0.3 is 0 Å². The molecular weight excluding hydrogens is 361 g/mol. The zero-order chi connectivity index (χ0) is 14.2. The molecular formula is C13H7BrCl2F2O. The van der Waals surface area contributed by atoms with Gasteiger partial charge in [-0.2, -0.15) is 0 Å². The monoisotopic (exact) mass is 366 g/mol. The molecule has 1 atom stereocenters. The van der Waals surface area contributed by atoms with Crippen molar-refractivity contribution in [3.05, 3.63) is 67.6 Å². The van der Waals surface area contributed by atoms with Crippen molar-refractivity contribution in [1.29, 1.82) is 0 Å². The minimum absolute atomic E-state index is 0.0658. The summed E-state index contributed by atoms with van der Waals surface area (Å²) in [5, 5.41) is 10.7. The standard InChI is InChI=1S/C13H7BrCl2F2O/c14-9-1-2-10(17)11(12(9)18)13(19)6-3-7(15)5-8(16)4-6/h1-5,13,19H. The molecule has 0 fully saturated rings. The van der Waals surface area contributed by atoms with E-state index < -0.39 is 23.3 Å². The van der Waals surface area contributed by atoms with Gasteiger partial charge < -0.3 is 5.11 Å². The summed E-state index contributed by atoms with van der Waals surface area (Å²) in [4.78, 5) is 0. The van der Waals surface area contributed by atoms with Crippen molar-refractivity contribution >= 4 is 39.1 Å². The maximum absolute atomic E-state index is 13.9. The van der Waals surface area contributed by atoms with Crippen molar-refractivity contribution in [2.24, 2.45) is 0 Å². The van der Waals surface area contributed by atoms with E-state index in [0.717, 1.165) is 6.07 Å². The molecule has 0 aliphatic carbocycles. The first-order valence-electron chi connectivity index (χ1n) is 5.17. The first kappa shape index (κ1) is 14.7. The molecule has 2 rings (SSSR count). The smallest absolute Gasteiger partial charge is 0.146 e. The van der Waals surface area contributed by atoms with Crippen molar-refractivity contribution < 1.29 is 13.9 Å². The Morgan fingerprint density at radius 1 is 1.05 bits per heavy atom. The van der Waals surface area contributed by atoms with Crippen LogP contribution in [0.15, 0.2) is 34.8 Å². The van der Waals surface area contributed by atoms with Gasteiger partial charge in [0.05, 0.1) is 10.0 Å². The van der Waals surface area contributed by atoms with Crippen LogP contribution in [0.1, 0.15) is 17.2 Å². The van der Waals surface area contributed by atoms with E-state index in [4.69, 9.17) is 23.2 Å². The average molecular weight is 368 g/mol. The van der Waals surface area contributed by atoms with Gasteiger partial charge in [0.1, 0.15) is 17.7 Å². The minimum Gasteiger partial charge on any atom is -0.383 e. The number of aliphatic hydroxyl groups is 1. The van der Waals surface area contributed by atoms with E-state index in [0.29, 0.717) is 0 Å². The molecule has 0 saturated heterocycles. The molecule has 0 radical (unpaired) electrons. The second-order valence-electron chi connectivity index (χ2n) is 3.86. The highest BCUT2D eigenvalue weighted by molar-refractivity contribution is 9.10. The molecule has 2 aromatic rings. The van der Waals surface area contributed by atoms with Gasteiger partial charge in [-0.25, -0.2) is 8.78 Å². The first-order chi connectivity index (χ1) is 8.90. The molecule has 1 nitrogen and oxygen atoms in total. The Balaban J connectivity index is 2.55. The van der Waals surface area contributed by atoms with Crippen LogP contribution in [-0.2, 0) is 0 Å². The van der Waals surface area contributed by atoms with Gasteiger partial charge in [-0.05, 0) is 51.8 Å². The summed E-state index contributed by atoms with van der Waals surface area (Å²) in [6.45, 7) is 0. The van der Waals surface area contributed by atoms with Gasteiger partial charge in [0.25, 0.3) is 0 Å². The molecule has 100 valence electrons. The normalized spacial score (nSPS) is 12.5. The lowest BCUT2D eigenvalue weighted by Gasteiger charge is -2.15. The van der Waals surface area contributed by atoms with Crippen molar-refractivity contribution in [2.45, 2.75) is 6.10 Å². The topological polar surface area (TPSA) is 20.2 Å². The third kappa shape index (κ3) is 3.08. The maximum atomic E-state index is 13.9. The van der Waals surface area contributed by atoms with E-state index in [1.54, 1.807) is 0 Å². The van der Waals surface area contributed by atoms with Gasteiger partial charge in [-0.1, -0.05) is 23.2 Å². The molecule has 6 heteroatoms. The SMILES string of the molecule is OC(c1cc(Cl)cc(Cl)c1)c1c(F)ccc(Br)c1F. The van der Waals surface area contributed by atoms with Gasteiger partial charge in [0.2, 0.25) is 0 Å². The second kappa shape index (κ2) is 5.75. The average Bonchev–Trinajstić information content (AvgIpc) is 2.33. The number of halogens is 5. The summed E-state index contributed by atoms with van der Waals surface area (Å²) < 4.78 is 27.6. The molecule has 0 bridgehead atoms. The zero-order valence-corrected chi connectivity index (χ0v) is 12.4. The fourth-order valence-electron chi connectivity index (χ4n) is 1.69. The van der Waals surface area contributed by atoms with E-state index in [9.17, 15) is 13.9 Å². The maximum Gasteiger partial charge on any atom is 0.146 e. The van der Waals surface area contributed by atoms with Crippen LogP contribution in [0.2, 0.25) is 10.0 Å². The van der Waals surface area contributed by atoms with Gasteiger partial charge in [0.15, 0.2) is 0 Å². The lowest BCUT2D eigenvalue weighted by atomic mass is 10.0. The summed E-state index contributed by atoms with van der Waals surface area (Å²) in [5.74, 6) is -1.70. The van der Waals surface area contributed by atoms with Crippen molar-refractivity contribution in [3.8, 4) is 0 Å². The highest BCUT2D eigenvalue weighted by Crippen LogP contribution is 2.33. The van der Waals surface area contributed by atoms with Crippen molar-refractivity contribution in [1.82, 2.24) is 0 Å². The lowest BCUT2D eigenvalue weighted by molar-refractivity contribution is 0.209.